The minimum atomic E-state index is -0.475. The number of anilines is 5. The molecule has 0 atom stereocenters. The van der Waals surface area contributed by atoms with E-state index in [0.29, 0.717) is 11.2 Å². The number of nitro groups is 1. The molecule has 0 spiro atoms. The first-order valence-electron chi connectivity index (χ1n) is 9.85. The molecule has 0 saturated heterocycles. The van der Waals surface area contributed by atoms with E-state index >= 15 is 0 Å². The Labute approximate surface area is 188 Å². The van der Waals surface area contributed by atoms with Crippen molar-refractivity contribution >= 4 is 56.9 Å². The first kappa shape index (κ1) is 20.1. The zero-order valence-corrected chi connectivity index (χ0v) is 18.8. The third-order valence-corrected chi connectivity index (χ3v) is 6.53. The van der Waals surface area contributed by atoms with Crippen molar-refractivity contribution in [3.05, 3.63) is 58.6 Å². The van der Waals surface area contributed by atoms with Crippen molar-refractivity contribution in [2.24, 2.45) is 0 Å². The van der Waals surface area contributed by atoms with Gasteiger partial charge in [-0.2, -0.15) is 0 Å². The normalized spacial score (nSPS) is 12.4. The number of hydrogen-bond acceptors (Lipinski definition) is 9. The van der Waals surface area contributed by atoms with E-state index in [4.69, 9.17) is 4.63 Å². The number of benzene rings is 3. The van der Waals surface area contributed by atoms with Gasteiger partial charge in [-0.3, -0.25) is 10.1 Å². The Hall–Kier alpha value is -3.79. The summed E-state index contributed by atoms with van der Waals surface area (Å²) < 4.78 is 4.91. The average Bonchev–Trinajstić information content (AvgIpc) is 3.26. The average molecular weight is 449 g/mol. The Morgan fingerprint density at radius 1 is 0.844 bits per heavy atom. The molecule has 0 bridgehead atoms. The van der Waals surface area contributed by atoms with E-state index in [2.05, 4.69) is 61.4 Å². The molecule has 1 aliphatic heterocycles. The summed E-state index contributed by atoms with van der Waals surface area (Å²) in [5, 5.41) is 19.3. The van der Waals surface area contributed by atoms with Gasteiger partial charge in [0.2, 0.25) is 5.52 Å². The molecule has 0 saturated carbocycles. The fourth-order valence-corrected chi connectivity index (χ4v) is 4.89. The van der Waals surface area contributed by atoms with E-state index in [1.54, 1.807) is 17.8 Å². The largest absolute Gasteiger partial charge is 0.378 e. The summed E-state index contributed by atoms with van der Waals surface area (Å²) in [6.07, 6.45) is 0. The van der Waals surface area contributed by atoms with Crippen LogP contribution in [0.5, 0.6) is 0 Å². The Kier molecular flexibility index (Phi) is 4.66. The minimum Gasteiger partial charge on any atom is -0.378 e. The number of nitrogens with zero attached hydrogens (tertiary/aromatic N) is 6. The van der Waals surface area contributed by atoms with Crippen LogP contribution in [-0.2, 0) is 0 Å². The van der Waals surface area contributed by atoms with Gasteiger partial charge >= 0.3 is 5.69 Å². The van der Waals surface area contributed by atoms with Crippen LogP contribution in [0.2, 0.25) is 0 Å². The predicted molar refractivity (Wildman–Crippen MR) is 126 cm³/mol. The van der Waals surface area contributed by atoms with Gasteiger partial charge in [-0.15, -0.1) is 0 Å². The number of hydrogen-bond donors (Lipinski definition) is 0. The summed E-state index contributed by atoms with van der Waals surface area (Å²) in [7, 11) is 8.02. The monoisotopic (exact) mass is 448 g/mol. The van der Waals surface area contributed by atoms with Crippen molar-refractivity contribution in [3.8, 4) is 0 Å². The fraction of sp³-hybridized carbons (Fsp3) is 0.182. The standard InChI is InChI=1S/C22H20N6O3S/c1-25(2)13-5-7-15-19(11-13)32-20-12-14(26(3)4)6-8-16(20)27(15)17-9-10-18(28(29)30)22-21(17)23-31-24-22/h5-12H,1-4H3. The first-order chi connectivity index (χ1) is 15.3. The molecule has 0 amide bonds. The molecule has 0 radical (unpaired) electrons. The maximum Gasteiger partial charge on any atom is 0.300 e. The Morgan fingerprint density at radius 2 is 1.38 bits per heavy atom. The molecule has 0 aliphatic carbocycles. The van der Waals surface area contributed by atoms with Gasteiger partial charge in [0.1, 0.15) is 0 Å². The van der Waals surface area contributed by atoms with Crippen LogP contribution in [0.15, 0.2) is 63.0 Å². The maximum absolute atomic E-state index is 11.5. The van der Waals surface area contributed by atoms with E-state index in [0.717, 1.165) is 32.5 Å². The maximum atomic E-state index is 11.5. The van der Waals surface area contributed by atoms with Crippen LogP contribution in [0.25, 0.3) is 11.0 Å². The second kappa shape index (κ2) is 7.41. The van der Waals surface area contributed by atoms with Gasteiger partial charge in [0.25, 0.3) is 0 Å². The summed E-state index contributed by atoms with van der Waals surface area (Å²) in [5.41, 5.74) is 5.10. The van der Waals surface area contributed by atoms with Gasteiger partial charge in [0.15, 0.2) is 5.52 Å². The number of non-ortho nitro benzene ring substituents is 1. The van der Waals surface area contributed by atoms with Crippen LogP contribution in [0.4, 0.5) is 34.1 Å². The molecule has 5 rings (SSSR count). The molecule has 9 nitrogen and oxygen atoms in total. The van der Waals surface area contributed by atoms with Crippen molar-refractivity contribution in [2.45, 2.75) is 9.79 Å². The second-order valence-corrected chi connectivity index (χ2v) is 8.94. The molecule has 32 heavy (non-hydrogen) atoms. The van der Waals surface area contributed by atoms with Crippen LogP contribution in [0, 0.1) is 10.1 Å². The van der Waals surface area contributed by atoms with Gasteiger partial charge in [0.05, 0.1) is 22.0 Å². The van der Waals surface area contributed by atoms with E-state index in [9.17, 15) is 10.1 Å². The fourth-order valence-electron chi connectivity index (χ4n) is 3.77. The van der Waals surface area contributed by atoms with E-state index in [1.165, 1.54) is 6.07 Å². The van der Waals surface area contributed by atoms with Gasteiger partial charge in [-0.05, 0) is 52.8 Å². The van der Waals surface area contributed by atoms with Gasteiger partial charge in [-0.1, -0.05) is 11.8 Å². The van der Waals surface area contributed by atoms with Crippen molar-refractivity contribution in [1.82, 2.24) is 10.3 Å². The van der Waals surface area contributed by atoms with Crippen molar-refractivity contribution in [1.29, 1.82) is 0 Å². The topological polar surface area (TPSA) is 91.8 Å². The van der Waals surface area contributed by atoms with Crippen LogP contribution in [-0.4, -0.2) is 43.4 Å². The van der Waals surface area contributed by atoms with Crippen LogP contribution < -0.4 is 14.7 Å². The quantitative estimate of drug-likeness (QED) is 0.272. The Morgan fingerprint density at radius 3 is 1.91 bits per heavy atom. The highest BCUT2D eigenvalue weighted by molar-refractivity contribution is 7.99. The van der Waals surface area contributed by atoms with Gasteiger partial charge in [-0.25, -0.2) is 4.63 Å². The zero-order valence-electron chi connectivity index (χ0n) is 17.9. The summed E-state index contributed by atoms with van der Waals surface area (Å²) in [5.74, 6) is 0. The molecule has 4 aromatic rings. The third-order valence-electron chi connectivity index (χ3n) is 5.43. The Balaban J connectivity index is 1.77. The molecule has 0 unspecified atom stereocenters. The highest BCUT2D eigenvalue weighted by Crippen LogP contribution is 2.54. The lowest BCUT2D eigenvalue weighted by Crippen LogP contribution is -2.17. The lowest BCUT2D eigenvalue weighted by Gasteiger charge is -2.34. The van der Waals surface area contributed by atoms with Crippen molar-refractivity contribution in [2.75, 3.05) is 42.9 Å². The molecular weight excluding hydrogens is 428 g/mol. The van der Waals surface area contributed by atoms with Crippen LogP contribution >= 0.6 is 11.8 Å². The second-order valence-electron chi connectivity index (χ2n) is 7.85. The molecule has 2 heterocycles. The number of aromatic nitrogens is 2. The SMILES string of the molecule is CN(C)c1ccc2c(c1)Sc1cc(N(C)C)ccc1N2c1ccc([N+](=O)[O-])c2nonc12. The lowest BCUT2D eigenvalue weighted by molar-refractivity contribution is -0.383. The van der Waals surface area contributed by atoms with Gasteiger partial charge in [0, 0.05) is 55.4 Å². The predicted octanol–water partition coefficient (Wildman–Crippen LogP) is 5.20. The highest BCUT2D eigenvalue weighted by Gasteiger charge is 2.30. The molecule has 1 aliphatic rings. The molecule has 0 N–H and O–H groups in total. The highest BCUT2D eigenvalue weighted by atomic mass is 32.2. The van der Waals surface area contributed by atoms with E-state index in [1.807, 2.05) is 28.2 Å². The molecule has 0 fully saturated rings. The summed E-state index contributed by atoms with van der Waals surface area (Å²) in [4.78, 5) is 19.3. The van der Waals surface area contributed by atoms with E-state index in [-0.39, 0.29) is 11.2 Å². The van der Waals surface area contributed by atoms with E-state index < -0.39 is 4.92 Å². The number of fused-ring (bicyclic) bond motifs is 3. The molecule has 10 heteroatoms. The van der Waals surface area contributed by atoms with Crippen LogP contribution in [0.1, 0.15) is 0 Å². The molecule has 3 aromatic carbocycles. The Bertz CT molecular complexity index is 1310. The summed E-state index contributed by atoms with van der Waals surface area (Å²) in [6.45, 7) is 0. The third kappa shape index (κ3) is 3.11. The lowest BCUT2D eigenvalue weighted by atomic mass is 10.1. The smallest absolute Gasteiger partial charge is 0.300 e. The molecule has 1 aromatic heterocycles. The first-order valence-corrected chi connectivity index (χ1v) is 10.7. The summed E-state index contributed by atoms with van der Waals surface area (Å²) in [6, 6.07) is 15.6. The van der Waals surface area contributed by atoms with Gasteiger partial charge < -0.3 is 14.7 Å². The number of rotatable bonds is 4. The molecular formula is C22H20N6O3S. The van der Waals surface area contributed by atoms with Crippen molar-refractivity contribution in [3.63, 3.8) is 0 Å². The minimum absolute atomic E-state index is 0.128. The zero-order chi connectivity index (χ0) is 22.6. The molecule has 162 valence electrons. The number of nitro benzene ring substituents is 1. The summed E-state index contributed by atoms with van der Waals surface area (Å²) >= 11 is 1.70. The van der Waals surface area contributed by atoms with Crippen LogP contribution in [0.3, 0.4) is 0 Å². The van der Waals surface area contributed by atoms with Crippen molar-refractivity contribution < 1.29 is 9.55 Å².